The summed E-state index contributed by atoms with van der Waals surface area (Å²) in [6.07, 6.45) is -0.0375. The molecule has 0 spiro atoms. The maximum absolute atomic E-state index is 13.0. The van der Waals surface area contributed by atoms with E-state index in [1.807, 2.05) is 24.3 Å². The van der Waals surface area contributed by atoms with Gasteiger partial charge < -0.3 is 20.1 Å². The number of carbonyl (C=O) groups excluding carboxylic acids is 2. The predicted molar refractivity (Wildman–Crippen MR) is 113 cm³/mol. The van der Waals surface area contributed by atoms with Crippen molar-refractivity contribution in [3.63, 3.8) is 0 Å². The first-order valence-corrected chi connectivity index (χ1v) is 9.54. The predicted octanol–water partition coefficient (Wildman–Crippen LogP) is 3.74. The largest absolute Gasteiger partial charge is 0.497 e. The van der Waals surface area contributed by atoms with Crippen LogP contribution in [0.1, 0.15) is 12.5 Å². The summed E-state index contributed by atoms with van der Waals surface area (Å²) in [5.74, 6) is 1.07. The molecule has 1 aromatic heterocycles. The zero-order chi connectivity index (χ0) is 21.3. The first-order valence-electron chi connectivity index (χ1n) is 9.16. The van der Waals surface area contributed by atoms with Gasteiger partial charge in [-0.25, -0.2) is 4.68 Å². The Kier molecular flexibility index (Phi) is 5.33. The molecule has 0 fully saturated rings. The number of anilines is 2. The zero-order valence-electron chi connectivity index (χ0n) is 16.3. The van der Waals surface area contributed by atoms with Crippen LogP contribution in [0.25, 0.3) is 11.3 Å². The van der Waals surface area contributed by atoms with Crippen LogP contribution in [0.2, 0.25) is 5.02 Å². The fourth-order valence-electron chi connectivity index (χ4n) is 3.23. The van der Waals surface area contributed by atoms with Crippen LogP contribution in [0.3, 0.4) is 0 Å². The van der Waals surface area contributed by atoms with Crippen molar-refractivity contribution in [1.82, 2.24) is 9.78 Å². The van der Waals surface area contributed by atoms with Crippen molar-refractivity contribution in [3.8, 4) is 22.8 Å². The number of amides is 2. The number of benzene rings is 2. The minimum atomic E-state index is -0.817. The summed E-state index contributed by atoms with van der Waals surface area (Å²) in [6.45, 7) is 0. The number of fused-ring (bicyclic) bond motifs is 1. The van der Waals surface area contributed by atoms with Gasteiger partial charge in [-0.05, 0) is 36.4 Å². The summed E-state index contributed by atoms with van der Waals surface area (Å²) in [5, 5.41) is 10.5. The van der Waals surface area contributed by atoms with Crippen molar-refractivity contribution in [2.24, 2.45) is 0 Å². The number of ether oxygens (including phenoxy) is 2. The lowest BCUT2D eigenvalue weighted by Crippen LogP contribution is -2.35. The molecule has 1 aliphatic heterocycles. The minimum absolute atomic E-state index is 0.0375. The fourth-order valence-corrected chi connectivity index (χ4v) is 3.40. The fraction of sp³-hybridized carbons (Fsp3) is 0.190. The molecule has 0 radical (unpaired) electrons. The van der Waals surface area contributed by atoms with Gasteiger partial charge in [-0.1, -0.05) is 11.6 Å². The molecule has 0 bridgehead atoms. The molecule has 0 aliphatic carbocycles. The third kappa shape index (κ3) is 3.81. The van der Waals surface area contributed by atoms with E-state index in [0.29, 0.717) is 28.0 Å². The molecule has 2 heterocycles. The summed E-state index contributed by atoms with van der Waals surface area (Å²) >= 11 is 6.19. The molecule has 154 valence electrons. The lowest BCUT2D eigenvalue weighted by molar-refractivity contribution is -0.125. The van der Waals surface area contributed by atoms with Crippen LogP contribution in [0.15, 0.2) is 48.5 Å². The Morgan fingerprint density at radius 3 is 2.53 bits per heavy atom. The van der Waals surface area contributed by atoms with Crippen molar-refractivity contribution < 1.29 is 19.1 Å². The van der Waals surface area contributed by atoms with Gasteiger partial charge in [0.1, 0.15) is 23.4 Å². The van der Waals surface area contributed by atoms with Gasteiger partial charge >= 0.3 is 0 Å². The molecule has 9 heteroatoms. The molecule has 8 nitrogen and oxygen atoms in total. The van der Waals surface area contributed by atoms with Crippen LogP contribution in [0, 0.1) is 0 Å². The van der Waals surface area contributed by atoms with Crippen LogP contribution in [0.5, 0.6) is 11.5 Å². The van der Waals surface area contributed by atoms with E-state index in [1.165, 1.54) is 11.8 Å². The van der Waals surface area contributed by atoms with Gasteiger partial charge in [0.2, 0.25) is 11.8 Å². The molecule has 4 rings (SSSR count). The first-order chi connectivity index (χ1) is 14.5. The Bertz CT molecular complexity index is 1110. The van der Waals surface area contributed by atoms with Crippen LogP contribution in [0.4, 0.5) is 11.5 Å². The highest BCUT2D eigenvalue weighted by Crippen LogP contribution is 2.32. The molecule has 30 heavy (non-hydrogen) atoms. The van der Waals surface area contributed by atoms with Gasteiger partial charge in [-0.15, -0.1) is 0 Å². The molecule has 3 aromatic rings. The third-order valence-electron chi connectivity index (χ3n) is 4.80. The summed E-state index contributed by atoms with van der Waals surface area (Å²) in [6, 6.07) is 13.2. The van der Waals surface area contributed by atoms with E-state index in [1.54, 1.807) is 31.4 Å². The van der Waals surface area contributed by atoms with E-state index < -0.39 is 11.9 Å². The summed E-state index contributed by atoms with van der Waals surface area (Å²) < 4.78 is 11.9. The van der Waals surface area contributed by atoms with Crippen molar-refractivity contribution in [2.75, 3.05) is 24.9 Å². The number of aromatic nitrogens is 2. The molecule has 2 N–H and O–H groups in total. The van der Waals surface area contributed by atoms with Crippen molar-refractivity contribution in [1.29, 1.82) is 0 Å². The van der Waals surface area contributed by atoms with Crippen molar-refractivity contribution >= 4 is 34.9 Å². The second-order valence-electron chi connectivity index (χ2n) is 6.69. The maximum Gasteiger partial charge on any atom is 0.249 e. The molecule has 2 aromatic carbocycles. The van der Waals surface area contributed by atoms with Crippen LogP contribution < -0.4 is 20.1 Å². The number of hydrogen-bond acceptors (Lipinski definition) is 5. The van der Waals surface area contributed by atoms with Gasteiger partial charge in [0.25, 0.3) is 0 Å². The number of rotatable bonds is 5. The molecule has 1 atom stereocenters. The van der Waals surface area contributed by atoms with E-state index in [2.05, 4.69) is 15.7 Å². The van der Waals surface area contributed by atoms with Gasteiger partial charge in [-0.3, -0.25) is 9.59 Å². The number of nitrogens with one attached hydrogen (secondary N) is 2. The molecular weight excluding hydrogens is 408 g/mol. The monoisotopic (exact) mass is 426 g/mol. The number of hydrogen-bond donors (Lipinski definition) is 2. The Balaban J connectivity index is 1.63. The molecular formula is C21H19ClN4O4. The highest BCUT2D eigenvalue weighted by Gasteiger charge is 2.32. The van der Waals surface area contributed by atoms with Gasteiger partial charge in [-0.2, -0.15) is 5.10 Å². The summed E-state index contributed by atoms with van der Waals surface area (Å²) in [5.41, 5.74) is 1.87. The molecule has 0 saturated heterocycles. The smallest absolute Gasteiger partial charge is 0.249 e. The van der Waals surface area contributed by atoms with Crippen molar-refractivity contribution in [3.05, 3.63) is 53.6 Å². The Hall–Kier alpha value is -3.52. The van der Waals surface area contributed by atoms with Crippen LogP contribution in [-0.2, 0) is 9.59 Å². The second-order valence-corrected chi connectivity index (χ2v) is 7.10. The Labute approximate surface area is 177 Å². The highest BCUT2D eigenvalue weighted by molar-refractivity contribution is 6.33. The van der Waals surface area contributed by atoms with Crippen LogP contribution in [-0.4, -0.2) is 35.8 Å². The van der Waals surface area contributed by atoms with Gasteiger partial charge in [0, 0.05) is 17.7 Å². The summed E-state index contributed by atoms with van der Waals surface area (Å²) in [4.78, 5) is 25.2. The quantitative estimate of drug-likeness (QED) is 0.648. The van der Waals surface area contributed by atoms with E-state index in [9.17, 15) is 9.59 Å². The SMILES string of the molecule is COc1ccc(-c2cc3n(n2)C(C(=O)Nc2cc(OC)ccc2Cl)CC(=O)N3)cc1. The lowest BCUT2D eigenvalue weighted by Gasteiger charge is -2.24. The Morgan fingerprint density at radius 2 is 1.83 bits per heavy atom. The highest BCUT2D eigenvalue weighted by atomic mass is 35.5. The van der Waals surface area contributed by atoms with E-state index in [4.69, 9.17) is 21.1 Å². The number of methoxy groups -OCH3 is 2. The normalized spacial score (nSPS) is 15.2. The molecule has 0 saturated carbocycles. The van der Waals surface area contributed by atoms with Crippen LogP contribution >= 0.6 is 11.6 Å². The zero-order valence-corrected chi connectivity index (χ0v) is 17.1. The number of halogens is 1. The van der Waals surface area contributed by atoms with E-state index >= 15 is 0 Å². The van der Waals surface area contributed by atoms with Gasteiger partial charge in [0.15, 0.2) is 0 Å². The van der Waals surface area contributed by atoms with Gasteiger partial charge in [0.05, 0.1) is 37.0 Å². The average Bonchev–Trinajstić information content (AvgIpc) is 3.18. The first kappa shape index (κ1) is 19.8. The Morgan fingerprint density at radius 1 is 1.13 bits per heavy atom. The minimum Gasteiger partial charge on any atom is -0.497 e. The second kappa shape index (κ2) is 8.08. The third-order valence-corrected chi connectivity index (χ3v) is 5.13. The topological polar surface area (TPSA) is 94.5 Å². The average molecular weight is 427 g/mol. The molecule has 1 aliphatic rings. The lowest BCUT2D eigenvalue weighted by atomic mass is 10.1. The molecule has 1 unspecified atom stereocenters. The standard InChI is InChI=1S/C21H19ClN4O4/c1-29-13-5-3-12(4-6-13)16-10-19-24-20(27)11-18(26(19)25-16)21(28)23-17-9-14(30-2)7-8-15(17)22/h3-10,18H,11H2,1-2H3,(H,23,28)(H,24,27). The van der Waals surface area contributed by atoms with Crippen molar-refractivity contribution in [2.45, 2.75) is 12.5 Å². The van der Waals surface area contributed by atoms with E-state index in [0.717, 1.165) is 11.3 Å². The summed E-state index contributed by atoms with van der Waals surface area (Å²) in [7, 11) is 3.12. The number of carbonyl (C=O) groups is 2. The van der Waals surface area contributed by atoms with E-state index in [-0.39, 0.29) is 12.3 Å². The maximum atomic E-state index is 13.0. The molecule has 2 amide bonds. The number of nitrogens with zero attached hydrogens (tertiary/aromatic N) is 2.